The summed E-state index contributed by atoms with van der Waals surface area (Å²) in [5, 5.41) is 8.95. The first-order valence-corrected chi connectivity index (χ1v) is 8.33. The van der Waals surface area contributed by atoms with E-state index in [4.69, 9.17) is 14.6 Å². The maximum absolute atomic E-state index is 12.2. The van der Waals surface area contributed by atoms with Crippen molar-refractivity contribution in [2.45, 2.75) is 46.1 Å². The molecule has 1 rings (SSSR count). The van der Waals surface area contributed by atoms with Gasteiger partial charge < -0.3 is 14.6 Å². The Morgan fingerprint density at radius 2 is 1.91 bits per heavy atom. The molecule has 6 nitrogen and oxygen atoms in total. The van der Waals surface area contributed by atoms with Gasteiger partial charge in [0.1, 0.15) is 0 Å². The number of aliphatic carboxylic acids is 1. The number of carboxylic acids is 1. The summed E-state index contributed by atoms with van der Waals surface area (Å²) in [6.07, 6.45) is 2.67. The topological polar surface area (TPSA) is 76.1 Å². The zero-order valence-corrected chi connectivity index (χ0v) is 14.4. The van der Waals surface area contributed by atoms with Gasteiger partial charge in [-0.1, -0.05) is 13.8 Å². The first-order valence-electron chi connectivity index (χ1n) is 8.33. The largest absolute Gasteiger partial charge is 0.478 e. The third-order valence-corrected chi connectivity index (χ3v) is 3.70. The van der Waals surface area contributed by atoms with Gasteiger partial charge in [0, 0.05) is 24.7 Å². The van der Waals surface area contributed by atoms with Crippen molar-refractivity contribution in [3.8, 4) is 0 Å². The van der Waals surface area contributed by atoms with E-state index in [9.17, 15) is 9.59 Å². The molecule has 0 amide bonds. The molecule has 1 unspecified atom stereocenters. The smallest absolute Gasteiger partial charge is 0.334 e. The van der Waals surface area contributed by atoms with Crippen molar-refractivity contribution in [2.24, 2.45) is 5.92 Å². The quantitative estimate of drug-likeness (QED) is 0.516. The minimum Gasteiger partial charge on any atom is -0.478 e. The van der Waals surface area contributed by atoms with Crippen LogP contribution in [0.15, 0.2) is 11.6 Å². The van der Waals surface area contributed by atoms with E-state index in [0.29, 0.717) is 12.3 Å². The lowest BCUT2D eigenvalue weighted by molar-refractivity contribution is -0.145. The summed E-state index contributed by atoms with van der Waals surface area (Å²) in [5.41, 5.74) is 0.237. The maximum Gasteiger partial charge on any atom is 0.334 e. The highest BCUT2D eigenvalue weighted by atomic mass is 16.5. The summed E-state index contributed by atoms with van der Waals surface area (Å²) in [5.74, 6) is -1.20. The summed E-state index contributed by atoms with van der Waals surface area (Å²) in [6.45, 7) is 10.0. The Morgan fingerprint density at radius 3 is 2.48 bits per heavy atom. The number of carboxylic acid groups (broad SMARTS) is 1. The van der Waals surface area contributed by atoms with Gasteiger partial charge in [-0.25, -0.2) is 9.59 Å². The molecule has 132 valence electrons. The van der Waals surface area contributed by atoms with E-state index in [2.05, 4.69) is 18.7 Å². The van der Waals surface area contributed by atoms with Crippen LogP contribution >= 0.6 is 0 Å². The Labute approximate surface area is 138 Å². The zero-order valence-electron chi connectivity index (χ0n) is 14.4. The minimum atomic E-state index is -1.11. The van der Waals surface area contributed by atoms with E-state index in [0.717, 1.165) is 51.8 Å². The lowest BCUT2D eigenvalue weighted by Crippen LogP contribution is -2.36. The Bertz CT molecular complexity index is 413. The normalized spacial score (nSPS) is 18.0. The molecule has 23 heavy (non-hydrogen) atoms. The van der Waals surface area contributed by atoms with Gasteiger partial charge >= 0.3 is 11.9 Å². The van der Waals surface area contributed by atoms with Crippen molar-refractivity contribution in [3.05, 3.63) is 11.6 Å². The minimum absolute atomic E-state index is 0.209. The number of rotatable bonds is 9. The molecule has 0 aromatic carbocycles. The summed E-state index contributed by atoms with van der Waals surface area (Å²) in [6, 6.07) is 0. The fraction of sp³-hybridized carbons (Fsp3) is 0.765. The molecule has 0 aliphatic carbocycles. The molecule has 1 aliphatic rings. The van der Waals surface area contributed by atoms with E-state index in [1.807, 2.05) is 6.92 Å². The number of nitrogens with zero attached hydrogens (tertiary/aromatic N) is 1. The van der Waals surface area contributed by atoms with Crippen LogP contribution in [-0.4, -0.2) is 60.9 Å². The van der Waals surface area contributed by atoms with Crippen LogP contribution in [0, 0.1) is 5.92 Å². The summed E-state index contributed by atoms with van der Waals surface area (Å²) in [7, 11) is 0. The summed E-state index contributed by atoms with van der Waals surface area (Å²) >= 11 is 0. The van der Waals surface area contributed by atoms with Gasteiger partial charge in [-0.05, 0) is 38.6 Å². The van der Waals surface area contributed by atoms with E-state index < -0.39 is 11.9 Å². The lowest BCUT2D eigenvalue weighted by Gasteiger charge is -2.26. The average Bonchev–Trinajstić information content (AvgIpc) is 2.45. The van der Waals surface area contributed by atoms with E-state index in [1.54, 1.807) is 0 Å². The molecule has 0 spiro atoms. The molecular weight excluding hydrogens is 298 g/mol. The van der Waals surface area contributed by atoms with Crippen LogP contribution in [0.1, 0.15) is 40.0 Å². The fourth-order valence-corrected chi connectivity index (χ4v) is 2.67. The molecule has 0 aromatic heterocycles. The first-order chi connectivity index (χ1) is 10.9. The van der Waals surface area contributed by atoms with Crippen molar-refractivity contribution >= 4 is 11.9 Å². The van der Waals surface area contributed by atoms with Crippen LogP contribution in [0.25, 0.3) is 0 Å². The second kappa shape index (κ2) is 10.4. The van der Waals surface area contributed by atoms with Crippen LogP contribution in [0.5, 0.6) is 0 Å². The molecule has 1 saturated heterocycles. The Kier molecular flexibility index (Phi) is 8.87. The van der Waals surface area contributed by atoms with Crippen molar-refractivity contribution in [1.29, 1.82) is 0 Å². The van der Waals surface area contributed by atoms with Crippen LogP contribution in [0.2, 0.25) is 0 Å². The van der Waals surface area contributed by atoms with E-state index in [1.165, 1.54) is 0 Å². The van der Waals surface area contributed by atoms with Gasteiger partial charge in [0.15, 0.2) is 0 Å². The van der Waals surface area contributed by atoms with Gasteiger partial charge in [0.2, 0.25) is 0 Å². The molecule has 1 atom stereocenters. The maximum atomic E-state index is 12.2. The molecule has 0 bridgehead atoms. The molecule has 6 heteroatoms. The molecule has 1 N–H and O–H groups in total. The van der Waals surface area contributed by atoms with Crippen molar-refractivity contribution in [3.63, 3.8) is 0 Å². The summed E-state index contributed by atoms with van der Waals surface area (Å²) in [4.78, 5) is 25.4. The average molecular weight is 327 g/mol. The SMILES string of the molecule is CC(C)CC(C)OC(=O)/C(=C/C(=O)O)CCCN1CCOCC1. The predicted molar refractivity (Wildman–Crippen MR) is 87.2 cm³/mol. The number of esters is 1. The third kappa shape index (κ3) is 8.71. The van der Waals surface area contributed by atoms with Crippen LogP contribution < -0.4 is 0 Å². The highest BCUT2D eigenvalue weighted by Crippen LogP contribution is 2.14. The van der Waals surface area contributed by atoms with E-state index >= 15 is 0 Å². The number of ether oxygens (including phenoxy) is 2. The van der Waals surface area contributed by atoms with Gasteiger partial charge in [0.05, 0.1) is 19.3 Å². The predicted octanol–water partition coefficient (Wildman–Crippen LogP) is 2.09. The number of morpholine rings is 1. The molecule has 0 radical (unpaired) electrons. The van der Waals surface area contributed by atoms with Crippen LogP contribution in [0.4, 0.5) is 0 Å². The van der Waals surface area contributed by atoms with Gasteiger partial charge in [-0.3, -0.25) is 4.90 Å². The third-order valence-electron chi connectivity index (χ3n) is 3.70. The molecule has 0 saturated carbocycles. The molecule has 1 heterocycles. The first kappa shape index (κ1) is 19.6. The van der Waals surface area contributed by atoms with Crippen molar-refractivity contribution < 1.29 is 24.2 Å². The van der Waals surface area contributed by atoms with Gasteiger partial charge in [0.25, 0.3) is 0 Å². The molecule has 1 aliphatic heterocycles. The molecule has 0 aromatic rings. The van der Waals surface area contributed by atoms with Crippen molar-refractivity contribution in [1.82, 2.24) is 4.90 Å². The zero-order chi connectivity index (χ0) is 17.2. The second-order valence-electron chi connectivity index (χ2n) is 6.41. The highest BCUT2D eigenvalue weighted by Gasteiger charge is 2.18. The fourth-order valence-electron chi connectivity index (χ4n) is 2.67. The van der Waals surface area contributed by atoms with Crippen molar-refractivity contribution in [2.75, 3.05) is 32.8 Å². The molecule has 1 fully saturated rings. The number of carbonyl (C=O) groups is 2. The van der Waals surface area contributed by atoms with Gasteiger partial charge in [-0.2, -0.15) is 0 Å². The molecular formula is C17H29NO5. The van der Waals surface area contributed by atoms with Gasteiger partial charge in [-0.15, -0.1) is 0 Å². The Balaban J connectivity index is 2.48. The van der Waals surface area contributed by atoms with E-state index in [-0.39, 0.29) is 11.7 Å². The Morgan fingerprint density at radius 1 is 1.26 bits per heavy atom. The standard InChI is InChI=1S/C17H29NO5/c1-13(2)11-14(3)23-17(21)15(12-16(19)20)5-4-6-18-7-9-22-10-8-18/h12-14H,4-11H2,1-3H3,(H,19,20)/b15-12+. The second-order valence-corrected chi connectivity index (χ2v) is 6.41. The Hall–Kier alpha value is -1.40. The monoisotopic (exact) mass is 327 g/mol. The van der Waals surface area contributed by atoms with Crippen LogP contribution in [0.3, 0.4) is 0 Å². The van der Waals surface area contributed by atoms with Crippen LogP contribution in [-0.2, 0) is 19.1 Å². The summed E-state index contributed by atoms with van der Waals surface area (Å²) < 4.78 is 10.7. The number of carbonyl (C=O) groups excluding carboxylic acids is 1. The number of hydrogen-bond donors (Lipinski definition) is 1. The highest BCUT2D eigenvalue weighted by molar-refractivity contribution is 5.95. The lowest BCUT2D eigenvalue weighted by atomic mass is 10.1. The number of hydrogen-bond acceptors (Lipinski definition) is 5.